The molecule has 0 radical (unpaired) electrons. The molecule has 10 heteroatoms. The van der Waals surface area contributed by atoms with Gasteiger partial charge >= 0.3 is 0 Å². The van der Waals surface area contributed by atoms with E-state index in [0.717, 1.165) is 16.9 Å². The molecule has 1 amide bonds. The molecule has 3 aromatic rings. The minimum Gasteiger partial charge on any atom is -0.378 e. The molecule has 9 nitrogen and oxygen atoms in total. The maximum atomic E-state index is 13.0. The number of anilines is 1. The van der Waals surface area contributed by atoms with Gasteiger partial charge in [-0.25, -0.2) is 9.97 Å². The summed E-state index contributed by atoms with van der Waals surface area (Å²) in [6, 6.07) is 5.41. The molecule has 0 aromatic carbocycles. The number of methoxy groups -OCH3 is 1. The lowest BCUT2D eigenvalue weighted by Gasteiger charge is -2.26. The van der Waals surface area contributed by atoms with Gasteiger partial charge in [0, 0.05) is 39.5 Å². The number of carbonyl (C=O) groups is 1. The van der Waals surface area contributed by atoms with Gasteiger partial charge in [-0.15, -0.1) is 0 Å². The monoisotopic (exact) mass is 455 g/mol. The number of halogens is 1. The standard InChI is InChI=1S/C22H26ClN7O2/c1-12-26-16-6-7-24-20-19-15(23)4-5-18(28-19)27-13-8-17(25-9-13)22(31)29(2)10-14(32-3)11-30(12)21(16)20/h4-7,13-14,17,25H,8-11H2,1-3H3,(H,27,28)/t13-,14-,17-/m0/s1. The Morgan fingerprint density at radius 1 is 1.19 bits per heavy atom. The van der Waals surface area contributed by atoms with Crippen molar-refractivity contribution in [3.05, 3.63) is 35.2 Å². The van der Waals surface area contributed by atoms with Crippen molar-refractivity contribution in [3.8, 4) is 11.4 Å². The second-order valence-electron chi connectivity index (χ2n) is 8.44. The largest absolute Gasteiger partial charge is 0.378 e. The zero-order chi connectivity index (χ0) is 22.4. The molecule has 3 atom stereocenters. The number of pyridine rings is 2. The summed E-state index contributed by atoms with van der Waals surface area (Å²) in [5, 5.41) is 7.30. The molecule has 1 fully saturated rings. The molecule has 5 heterocycles. The number of rotatable bonds is 1. The van der Waals surface area contributed by atoms with E-state index >= 15 is 0 Å². The normalized spacial score (nSPS) is 23.7. The van der Waals surface area contributed by atoms with Gasteiger partial charge in [-0.3, -0.25) is 9.78 Å². The molecular weight excluding hydrogens is 430 g/mol. The maximum absolute atomic E-state index is 13.0. The molecule has 2 aliphatic rings. The van der Waals surface area contributed by atoms with Gasteiger partial charge in [-0.1, -0.05) is 11.6 Å². The van der Waals surface area contributed by atoms with Gasteiger partial charge in [0.2, 0.25) is 5.91 Å². The Bertz CT molecular complexity index is 1180. The quantitative estimate of drug-likeness (QED) is 0.579. The third kappa shape index (κ3) is 3.70. The zero-order valence-corrected chi connectivity index (χ0v) is 19.1. The summed E-state index contributed by atoms with van der Waals surface area (Å²) in [6.45, 7) is 3.62. The number of nitrogens with zero attached hydrogens (tertiary/aromatic N) is 5. The van der Waals surface area contributed by atoms with Gasteiger partial charge in [-0.2, -0.15) is 0 Å². The summed E-state index contributed by atoms with van der Waals surface area (Å²) in [4.78, 5) is 29.0. The molecule has 0 spiro atoms. The number of amides is 1. The van der Waals surface area contributed by atoms with Crippen molar-refractivity contribution in [3.63, 3.8) is 0 Å². The molecular formula is C22H26ClN7O2. The molecule has 1 saturated heterocycles. The molecule has 2 N–H and O–H groups in total. The molecule has 0 saturated carbocycles. The molecule has 168 valence electrons. The molecule has 3 aromatic heterocycles. The predicted octanol–water partition coefficient (Wildman–Crippen LogP) is 2.08. The molecule has 0 unspecified atom stereocenters. The lowest BCUT2D eigenvalue weighted by molar-refractivity contribution is -0.133. The van der Waals surface area contributed by atoms with Crippen LogP contribution in [-0.2, 0) is 16.1 Å². The number of fused-ring (bicyclic) bond motifs is 5. The van der Waals surface area contributed by atoms with Crippen molar-refractivity contribution in [2.45, 2.75) is 38.1 Å². The summed E-state index contributed by atoms with van der Waals surface area (Å²) >= 11 is 6.59. The minimum atomic E-state index is -0.243. The highest BCUT2D eigenvalue weighted by Crippen LogP contribution is 2.32. The second-order valence-corrected chi connectivity index (χ2v) is 8.85. The van der Waals surface area contributed by atoms with Crippen molar-refractivity contribution in [1.82, 2.24) is 29.7 Å². The lowest BCUT2D eigenvalue weighted by atomic mass is 10.1. The molecule has 2 aliphatic heterocycles. The zero-order valence-electron chi connectivity index (χ0n) is 18.3. The number of nitrogens with one attached hydrogen (secondary N) is 2. The van der Waals surface area contributed by atoms with Gasteiger partial charge in [-0.05, 0) is 31.5 Å². The number of carbonyl (C=O) groups excluding carboxylic acids is 1. The average Bonchev–Trinajstić information content (AvgIpc) is 3.37. The number of likely N-dealkylation sites (N-methyl/N-ethyl adjacent to an activating group) is 1. The highest BCUT2D eigenvalue weighted by atomic mass is 35.5. The van der Waals surface area contributed by atoms with E-state index in [1.54, 1.807) is 18.2 Å². The fourth-order valence-electron chi connectivity index (χ4n) is 4.60. The van der Waals surface area contributed by atoms with Crippen LogP contribution in [0.25, 0.3) is 22.4 Å². The molecule has 0 aliphatic carbocycles. The fourth-order valence-corrected chi connectivity index (χ4v) is 4.79. The fraction of sp³-hybridized carbons (Fsp3) is 0.455. The van der Waals surface area contributed by atoms with E-state index in [9.17, 15) is 4.79 Å². The Balaban J connectivity index is 1.69. The van der Waals surface area contributed by atoms with Crippen molar-refractivity contribution in [1.29, 1.82) is 0 Å². The van der Waals surface area contributed by atoms with E-state index in [4.69, 9.17) is 26.3 Å². The SMILES string of the molecule is CO[C@H]1CN(C)C(=O)[C@@H]2C[C@@H](CN2)Nc2ccc(Cl)c(n2)-c2nccc3nc(C)n(c23)C1. The van der Waals surface area contributed by atoms with Crippen LogP contribution in [0.4, 0.5) is 5.82 Å². The van der Waals surface area contributed by atoms with Gasteiger partial charge < -0.3 is 24.8 Å². The average molecular weight is 456 g/mol. The highest BCUT2D eigenvalue weighted by molar-refractivity contribution is 6.33. The second kappa shape index (κ2) is 8.31. The van der Waals surface area contributed by atoms with Crippen LogP contribution >= 0.6 is 11.6 Å². The summed E-state index contributed by atoms with van der Waals surface area (Å²) in [5.74, 6) is 1.59. The van der Waals surface area contributed by atoms with Crippen molar-refractivity contribution in [2.75, 3.05) is 32.6 Å². The number of hydrogen-bond donors (Lipinski definition) is 2. The smallest absolute Gasteiger partial charge is 0.239 e. The van der Waals surface area contributed by atoms with Crippen LogP contribution in [0.3, 0.4) is 0 Å². The summed E-state index contributed by atoms with van der Waals surface area (Å²) < 4.78 is 7.85. The van der Waals surface area contributed by atoms with Crippen molar-refractivity contribution in [2.24, 2.45) is 0 Å². The third-order valence-electron chi connectivity index (χ3n) is 6.27. The topological polar surface area (TPSA) is 97.2 Å². The van der Waals surface area contributed by atoms with Crippen molar-refractivity contribution >= 4 is 34.4 Å². The van der Waals surface area contributed by atoms with E-state index in [1.807, 2.05) is 32.2 Å². The Hall–Kier alpha value is -2.75. The Morgan fingerprint density at radius 2 is 2.03 bits per heavy atom. The summed E-state index contributed by atoms with van der Waals surface area (Å²) in [7, 11) is 3.49. The number of hydrogen-bond acceptors (Lipinski definition) is 7. The Kier molecular flexibility index (Phi) is 5.48. The highest BCUT2D eigenvalue weighted by Gasteiger charge is 2.33. The molecule has 32 heavy (non-hydrogen) atoms. The summed E-state index contributed by atoms with van der Waals surface area (Å²) in [6.07, 6.45) is 2.19. The third-order valence-corrected chi connectivity index (χ3v) is 6.58. The van der Waals surface area contributed by atoms with Crippen LogP contribution in [0.15, 0.2) is 24.4 Å². The molecule has 4 bridgehead atoms. The van der Waals surface area contributed by atoms with Crippen LogP contribution < -0.4 is 10.6 Å². The number of imidazole rings is 1. The van der Waals surface area contributed by atoms with Gasteiger partial charge in [0.1, 0.15) is 23.0 Å². The maximum Gasteiger partial charge on any atom is 0.239 e. The van der Waals surface area contributed by atoms with E-state index < -0.39 is 0 Å². The molecule has 5 rings (SSSR count). The van der Waals surface area contributed by atoms with Crippen LogP contribution in [-0.4, -0.2) is 75.8 Å². The van der Waals surface area contributed by atoms with Gasteiger partial charge in [0.05, 0.1) is 34.7 Å². The van der Waals surface area contributed by atoms with Gasteiger partial charge in [0.15, 0.2) is 0 Å². The van der Waals surface area contributed by atoms with Crippen LogP contribution in [0.1, 0.15) is 12.2 Å². The van der Waals surface area contributed by atoms with E-state index in [-0.39, 0.29) is 24.1 Å². The first kappa shape index (κ1) is 21.1. The summed E-state index contributed by atoms with van der Waals surface area (Å²) in [5.41, 5.74) is 2.94. The van der Waals surface area contributed by atoms with Crippen LogP contribution in [0.2, 0.25) is 5.02 Å². The predicted molar refractivity (Wildman–Crippen MR) is 123 cm³/mol. The lowest BCUT2D eigenvalue weighted by Crippen LogP contribution is -2.45. The van der Waals surface area contributed by atoms with Gasteiger partial charge in [0.25, 0.3) is 0 Å². The van der Waals surface area contributed by atoms with E-state index in [2.05, 4.69) is 20.2 Å². The minimum absolute atomic E-state index is 0.0607. The number of ether oxygens (including phenoxy) is 1. The van der Waals surface area contributed by atoms with E-state index in [0.29, 0.717) is 48.3 Å². The van der Waals surface area contributed by atoms with Crippen molar-refractivity contribution < 1.29 is 9.53 Å². The first-order chi connectivity index (χ1) is 15.4. The number of aryl methyl sites for hydroxylation is 1. The first-order valence-corrected chi connectivity index (χ1v) is 11.1. The Morgan fingerprint density at radius 3 is 2.84 bits per heavy atom. The van der Waals surface area contributed by atoms with Crippen LogP contribution in [0.5, 0.6) is 0 Å². The van der Waals surface area contributed by atoms with E-state index in [1.165, 1.54) is 0 Å². The van der Waals surface area contributed by atoms with Crippen LogP contribution in [0, 0.1) is 6.92 Å². The Labute approximate surface area is 191 Å². The number of aromatic nitrogens is 4. The first-order valence-electron chi connectivity index (χ1n) is 10.7.